The average molecular weight is 262 g/mol. The van der Waals surface area contributed by atoms with Crippen LogP contribution in [0.4, 0.5) is 8.78 Å². The van der Waals surface area contributed by atoms with Crippen molar-refractivity contribution in [2.75, 3.05) is 7.11 Å². The van der Waals surface area contributed by atoms with Crippen molar-refractivity contribution in [3.05, 3.63) is 28.3 Å². The lowest BCUT2D eigenvalue weighted by molar-refractivity contribution is 0.369. The summed E-state index contributed by atoms with van der Waals surface area (Å²) in [6, 6.07) is 1.05. The van der Waals surface area contributed by atoms with Gasteiger partial charge in [-0.1, -0.05) is 11.6 Å². The van der Waals surface area contributed by atoms with Crippen molar-refractivity contribution in [1.29, 1.82) is 0 Å². The van der Waals surface area contributed by atoms with E-state index in [1.54, 1.807) is 0 Å². The van der Waals surface area contributed by atoms with Crippen LogP contribution in [0.1, 0.15) is 25.3 Å². The molecule has 2 N–H and O–H groups in total. The zero-order valence-corrected chi connectivity index (χ0v) is 10.4. The second-order valence-corrected chi connectivity index (χ2v) is 4.89. The molecular formula is C12H14ClF2NO. The molecule has 0 saturated heterocycles. The van der Waals surface area contributed by atoms with Gasteiger partial charge >= 0.3 is 0 Å². The van der Waals surface area contributed by atoms with E-state index in [0.717, 1.165) is 12.8 Å². The summed E-state index contributed by atoms with van der Waals surface area (Å²) < 4.78 is 32.3. The van der Waals surface area contributed by atoms with E-state index < -0.39 is 16.7 Å². The van der Waals surface area contributed by atoms with Crippen molar-refractivity contribution in [3.8, 4) is 5.75 Å². The first kappa shape index (κ1) is 12.6. The summed E-state index contributed by atoms with van der Waals surface area (Å²) in [6.45, 7) is 1.83. The van der Waals surface area contributed by atoms with Gasteiger partial charge in [0.25, 0.3) is 0 Å². The third kappa shape index (κ3) is 1.79. The number of halogens is 3. The Morgan fingerprint density at radius 2 is 2.06 bits per heavy atom. The molecule has 0 aromatic heterocycles. The molecule has 1 saturated carbocycles. The smallest absolute Gasteiger partial charge is 0.186 e. The Labute approximate surface area is 104 Å². The number of benzene rings is 1. The SMILES string of the molecule is COc1c(C2(C(C)N)CC2)cc(F)c(Cl)c1F. The first-order valence-electron chi connectivity index (χ1n) is 5.41. The topological polar surface area (TPSA) is 35.2 Å². The highest BCUT2D eigenvalue weighted by molar-refractivity contribution is 6.31. The standard InChI is InChI=1S/C12H14ClF2NO/c1-6(16)12(3-4-12)7-5-8(14)9(13)10(15)11(7)17-2/h5-6H,3-4,16H2,1-2H3. The van der Waals surface area contributed by atoms with Crippen molar-refractivity contribution in [3.63, 3.8) is 0 Å². The van der Waals surface area contributed by atoms with Crippen LogP contribution < -0.4 is 10.5 Å². The van der Waals surface area contributed by atoms with Gasteiger partial charge in [-0.15, -0.1) is 0 Å². The van der Waals surface area contributed by atoms with E-state index in [-0.39, 0.29) is 17.2 Å². The Kier molecular flexibility index (Phi) is 3.04. The summed E-state index contributed by atoms with van der Waals surface area (Å²) in [7, 11) is 1.34. The Bertz CT molecular complexity index is 458. The molecule has 17 heavy (non-hydrogen) atoms. The summed E-state index contributed by atoms with van der Waals surface area (Å²) in [5, 5.41) is -0.536. The van der Waals surface area contributed by atoms with Crippen LogP contribution in [0, 0.1) is 11.6 Å². The fourth-order valence-electron chi connectivity index (χ4n) is 2.25. The minimum atomic E-state index is -0.851. The third-order valence-corrected chi connectivity index (χ3v) is 3.86. The van der Waals surface area contributed by atoms with Gasteiger partial charge < -0.3 is 10.5 Å². The average Bonchev–Trinajstić information content (AvgIpc) is 3.06. The largest absolute Gasteiger partial charge is 0.493 e. The molecular weight excluding hydrogens is 248 g/mol. The maximum atomic E-state index is 13.8. The Morgan fingerprint density at radius 3 is 2.47 bits per heavy atom. The van der Waals surface area contributed by atoms with Crippen LogP contribution >= 0.6 is 11.6 Å². The quantitative estimate of drug-likeness (QED) is 0.849. The molecule has 2 nitrogen and oxygen atoms in total. The summed E-state index contributed by atoms with van der Waals surface area (Å²) in [4.78, 5) is 0. The molecule has 0 bridgehead atoms. The molecule has 1 aromatic carbocycles. The first-order valence-corrected chi connectivity index (χ1v) is 5.79. The normalized spacial score (nSPS) is 18.9. The minimum Gasteiger partial charge on any atom is -0.493 e. The number of hydrogen-bond acceptors (Lipinski definition) is 2. The van der Waals surface area contributed by atoms with Gasteiger partial charge in [0.05, 0.1) is 7.11 Å². The number of hydrogen-bond donors (Lipinski definition) is 1. The summed E-state index contributed by atoms with van der Waals surface area (Å²) in [5.41, 5.74) is 6.00. The molecule has 0 spiro atoms. The number of nitrogens with two attached hydrogens (primary N) is 1. The minimum absolute atomic E-state index is 0.00574. The van der Waals surface area contributed by atoms with Gasteiger partial charge in [0, 0.05) is 17.0 Å². The summed E-state index contributed by atoms with van der Waals surface area (Å²) in [6.07, 6.45) is 1.61. The molecule has 0 heterocycles. The van der Waals surface area contributed by atoms with Gasteiger partial charge in [-0.3, -0.25) is 0 Å². The van der Waals surface area contributed by atoms with Crippen LogP contribution in [-0.2, 0) is 5.41 Å². The van der Waals surface area contributed by atoms with Crippen molar-refractivity contribution < 1.29 is 13.5 Å². The molecule has 0 amide bonds. The zero-order valence-electron chi connectivity index (χ0n) is 9.69. The number of methoxy groups -OCH3 is 1. The first-order chi connectivity index (χ1) is 7.94. The lowest BCUT2D eigenvalue weighted by atomic mass is 9.88. The van der Waals surface area contributed by atoms with Gasteiger partial charge in [-0.2, -0.15) is 0 Å². The van der Waals surface area contributed by atoms with Crippen LogP contribution in [0.3, 0.4) is 0 Å². The Balaban J connectivity index is 2.62. The number of rotatable bonds is 3. The van der Waals surface area contributed by atoms with E-state index in [0.29, 0.717) is 5.56 Å². The van der Waals surface area contributed by atoms with Crippen molar-refractivity contribution >= 4 is 11.6 Å². The molecule has 1 aromatic rings. The molecule has 94 valence electrons. The highest BCUT2D eigenvalue weighted by Gasteiger charge is 2.50. The van der Waals surface area contributed by atoms with Gasteiger partial charge in [0.1, 0.15) is 10.8 Å². The highest BCUT2D eigenvalue weighted by Crippen LogP contribution is 2.54. The van der Waals surface area contributed by atoms with Crippen molar-refractivity contribution in [1.82, 2.24) is 0 Å². The molecule has 1 fully saturated rings. The second kappa shape index (κ2) is 4.10. The molecule has 0 radical (unpaired) electrons. The summed E-state index contributed by atoms with van der Waals surface area (Å²) in [5.74, 6) is -1.62. The monoisotopic (exact) mass is 261 g/mol. The lowest BCUT2D eigenvalue weighted by Crippen LogP contribution is -2.32. The van der Waals surface area contributed by atoms with Gasteiger partial charge in [0.2, 0.25) is 0 Å². The van der Waals surface area contributed by atoms with E-state index in [2.05, 4.69) is 0 Å². The summed E-state index contributed by atoms with van der Waals surface area (Å²) >= 11 is 5.52. The molecule has 1 atom stereocenters. The van der Waals surface area contributed by atoms with Crippen LogP contribution in [0.5, 0.6) is 5.75 Å². The molecule has 1 unspecified atom stereocenters. The van der Waals surface area contributed by atoms with E-state index in [1.807, 2.05) is 6.92 Å². The van der Waals surface area contributed by atoms with E-state index in [9.17, 15) is 8.78 Å². The predicted molar refractivity (Wildman–Crippen MR) is 62.5 cm³/mol. The zero-order chi connectivity index (χ0) is 12.8. The fourth-order valence-corrected chi connectivity index (χ4v) is 2.39. The van der Waals surface area contributed by atoms with Gasteiger partial charge in [-0.25, -0.2) is 8.78 Å². The van der Waals surface area contributed by atoms with Crippen LogP contribution in [0.25, 0.3) is 0 Å². The van der Waals surface area contributed by atoms with E-state index >= 15 is 0 Å². The highest BCUT2D eigenvalue weighted by atomic mass is 35.5. The van der Waals surface area contributed by atoms with Gasteiger partial charge in [0.15, 0.2) is 11.6 Å². The lowest BCUT2D eigenvalue weighted by Gasteiger charge is -2.23. The van der Waals surface area contributed by atoms with Crippen molar-refractivity contribution in [2.45, 2.75) is 31.2 Å². The third-order valence-electron chi connectivity index (χ3n) is 3.52. The molecule has 1 aliphatic carbocycles. The Morgan fingerprint density at radius 1 is 1.47 bits per heavy atom. The molecule has 2 rings (SSSR count). The maximum absolute atomic E-state index is 13.8. The van der Waals surface area contributed by atoms with E-state index in [4.69, 9.17) is 22.1 Å². The van der Waals surface area contributed by atoms with Crippen LogP contribution in [0.2, 0.25) is 5.02 Å². The fraction of sp³-hybridized carbons (Fsp3) is 0.500. The molecule has 1 aliphatic rings. The second-order valence-electron chi connectivity index (χ2n) is 4.51. The van der Waals surface area contributed by atoms with Crippen LogP contribution in [0.15, 0.2) is 6.07 Å². The van der Waals surface area contributed by atoms with Crippen LogP contribution in [-0.4, -0.2) is 13.2 Å². The maximum Gasteiger partial charge on any atom is 0.186 e. The molecule has 5 heteroatoms. The van der Waals surface area contributed by atoms with Crippen molar-refractivity contribution in [2.24, 2.45) is 5.73 Å². The van der Waals surface area contributed by atoms with E-state index in [1.165, 1.54) is 13.2 Å². The Hall–Kier alpha value is -0.870. The van der Waals surface area contributed by atoms with Gasteiger partial charge in [-0.05, 0) is 25.8 Å². The number of ether oxygens (including phenoxy) is 1. The molecule has 0 aliphatic heterocycles. The predicted octanol–water partition coefficient (Wildman–Crippen LogP) is 3.01.